The highest BCUT2D eigenvalue weighted by Crippen LogP contribution is 2.44. The minimum absolute atomic E-state index is 0.184. The van der Waals surface area contributed by atoms with Crippen LogP contribution < -0.4 is 16.0 Å². The van der Waals surface area contributed by atoms with Crippen LogP contribution in [0.2, 0.25) is 0 Å². The zero-order valence-electron chi connectivity index (χ0n) is 18.0. The highest BCUT2D eigenvalue weighted by Gasteiger charge is 2.38. The number of likely N-dealkylation sites (tertiary alicyclic amines) is 1. The second-order valence-corrected chi connectivity index (χ2v) is 9.93. The first-order valence-corrected chi connectivity index (χ1v) is 12.0. The van der Waals surface area contributed by atoms with Crippen molar-refractivity contribution in [3.05, 3.63) is 74.4 Å². The average molecular weight is 448 g/mol. The third-order valence-electron chi connectivity index (χ3n) is 7.22. The summed E-state index contributed by atoms with van der Waals surface area (Å²) in [6.45, 7) is 3.08. The number of nitrogens with zero attached hydrogens (tertiary/aromatic N) is 2. The second kappa shape index (κ2) is 7.60. The Balaban J connectivity index is 1.25. The summed E-state index contributed by atoms with van der Waals surface area (Å²) in [7, 11) is 1.74. The molecule has 6 nitrogen and oxygen atoms in total. The predicted molar refractivity (Wildman–Crippen MR) is 128 cm³/mol. The van der Waals surface area contributed by atoms with Gasteiger partial charge in [-0.3, -0.25) is 9.36 Å². The highest BCUT2D eigenvalue weighted by atomic mass is 32.1. The van der Waals surface area contributed by atoms with Gasteiger partial charge in [0.25, 0.3) is 5.56 Å². The monoisotopic (exact) mass is 447 g/mol. The normalized spacial score (nSPS) is 20.5. The summed E-state index contributed by atoms with van der Waals surface area (Å²) < 4.78 is 8.61. The molecular formula is C25H25N3O3S. The topological polar surface area (TPSA) is 67.3 Å². The van der Waals surface area contributed by atoms with E-state index in [-0.39, 0.29) is 11.2 Å². The van der Waals surface area contributed by atoms with E-state index in [2.05, 4.69) is 28.1 Å². The zero-order chi connectivity index (χ0) is 21.8. The van der Waals surface area contributed by atoms with E-state index in [0.29, 0.717) is 35.1 Å². The van der Waals surface area contributed by atoms with Crippen LogP contribution in [0.15, 0.2) is 52.1 Å². The zero-order valence-corrected chi connectivity index (χ0v) is 18.8. The summed E-state index contributed by atoms with van der Waals surface area (Å²) in [6, 6.07) is 14.2. The molecule has 1 aliphatic carbocycles. The van der Waals surface area contributed by atoms with Crippen molar-refractivity contribution >= 4 is 31.6 Å². The van der Waals surface area contributed by atoms with Crippen molar-refractivity contribution in [2.45, 2.75) is 25.3 Å². The number of thiophene rings is 1. The number of hydrogen-bond donors (Lipinski definition) is 1. The van der Waals surface area contributed by atoms with Gasteiger partial charge >= 0.3 is 5.69 Å². The molecule has 2 aromatic carbocycles. The SMILES string of the molecule is COc1cccc2c1CC[C@@H]1CN(CCn3c(=O)[nH]c4c(sc5ccccc54)c3=O)C[C@H]21. The Bertz CT molecular complexity index is 1450. The summed E-state index contributed by atoms with van der Waals surface area (Å²) in [5.74, 6) is 2.11. The Morgan fingerprint density at radius 3 is 2.84 bits per heavy atom. The maximum absolute atomic E-state index is 13.1. The summed E-state index contributed by atoms with van der Waals surface area (Å²) in [4.78, 5) is 31.3. The van der Waals surface area contributed by atoms with Crippen LogP contribution in [0.5, 0.6) is 5.75 Å². The van der Waals surface area contributed by atoms with Gasteiger partial charge in [0, 0.05) is 42.2 Å². The summed E-state index contributed by atoms with van der Waals surface area (Å²) in [6.07, 6.45) is 2.21. The summed E-state index contributed by atoms with van der Waals surface area (Å²) in [5.41, 5.74) is 2.91. The molecule has 2 atom stereocenters. The van der Waals surface area contributed by atoms with E-state index in [4.69, 9.17) is 4.74 Å². The molecule has 0 spiro atoms. The molecule has 6 rings (SSSR count). The average Bonchev–Trinajstić information content (AvgIpc) is 3.40. The van der Waals surface area contributed by atoms with E-state index in [1.54, 1.807) is 7.11 Å². The first-order chi connectivity index (χ1) is 15.6. The van der Waals surface area contributed by atoms with Gasteiger partial charge in [-0.2, -0.15) is 0 Å². The number of methoxy groups -OCH3 is 1. The lowest BCUT2D eigenvalue weighted by molar-refractivity contribution is 0.303. The number of H-pyrrole nitrogens is 1. The van der Waals surface area contributed by atoms with Gasteiger partial charge in [0.15, 0.2) is 0 Å². The van der Waals surface area contributed by atoms with Gasteiger partial charge in [-0.1, -0.05) is 30.3 Å². The lowest BCUT2D eigenvalue weighted by Crippen LogP contribution is -2.38. The molecule has 3 heterocycles. The minimum atomic E-state index is -0.322. The molecule has 2 aliphatic rings. The summed E-state index contributed by atoms with van der Waals surface area (Å²) in [5, 5.41) is 0.937. The van der Waals surface area contributed by atoms with E-state index < -0.39 is 0 Å². The largest absolute Gasteiger partial charge is 0.496 e. The number of fused-ring (bicyclic) bond motifs is 6. The van der Waals surface area contributed by atoms with Crippen molar-refractivity contribution in [2.24, 2.45) is 5.92 Å². The molecule has 1 N–H and O–H groups in total. The van der Waals surface area contributed by atoms with E-state index in [0.717, 1.165) is 41.8 Å². The molecule has 164 valence electrons. The van der Waals surface area contributed by atoms with Gasteiger partial charge in [-0.25, -0.2) is 4.79 Å². The molecule has 4 aromatic rings. The summed E-state index contributed by atoms with van der Waals surface area (Å²) >= 11 is 1.45. The number of nitrogens with one attached hydrogen (secondary N) is 1. The third kappa shape index (κ3) is 3.03. The molecule has 0 unspecified atom stereocenters. The lowest BCUT2D eigenvalue weighted by Gasteiger charge is -2.28. The third-order valence-corrected chi connectivity index (χ3v) is 8.38. The van der Waals surface area contributed by atoms with E-state index >= 15 is 0 Å². The molecule has 32 heavy (non-hydrogen) atoms. The van der Waals surface area contributed by atoms with Crippen molar-refractivity contribution in [3.63, 3.8) is 0 Å². The quantitative estimate of drug-likeness (QED) is 0.519. The van der Waals surface area contributed by atoms with Crippen molar-refractivity contribution in [1.82, 2.24) is 14.5 Å². The Kier molecular flexibility index (Phi) is 4.69. The predicted octanol–water partition coefficient (Wildman–Crippen LogP) is 3.57. The molecule has 1 aliphatic heterocycles. The van der Waals surface area contributed by atoms with Gasteiger partial charge in [0.2, 0.25) is 0 Å². The van der Waals surface area contributed by atoms with Crippen LogP contribution in [-0.4, -0.2) is 41.2 Å². The lowest BCUT2D eigenvalue weighted by atomic mass is 9.77. The van der Waals surface area contributed by atoms with Crippen molar-refractivity contribution in [2.75, 3.05) is 26.7 Å². The van der Waals surface area contributed by atoms with Gasteiger partial charge < -0.3 is 14.6 Å². The number of hydrogen-bond acceptors (Lipinski definition) is 5. The Labute approximate surface area is 189 Å². The first-order valence-electron chi connectivity index (χ1n) is 11.2. The number of benzene rings is 2. The Morgan fingerprint density at radius 2 is 1.97 bits per heavy atom. The van der Waals surface area contributed by atoms with E-state index in [1.165, 1.54) is 27.0 Å². The second-order valence-electron chi connectivity index (χ2n) is 8.88. The Hall–Kier alpha value is -2.90. The molecule has 2 aromatic heterocycles. The van der Waals surface area contributed by atoms with Crippen LogP contribution in [-0.2, 0) is 13.0 Å². The number of aromatic amines is 1. The fourth-order valence-electron chi connectivity index (χ4n) is 5.66. The van der Waals surface area contributed by atoms with Crippen molar-refractivity contribution in [1.29, 1.82) is 0 Å². The fourth-order valence-corrected chi connectivity index (χ4v) is 6.77. The van der Waals surface area contributed by atoms with Gasteiger partial charge in [-0.15, -0.1) is 11.3 Å². The van der Waals surface area contributed by atoms with E-state index in [1.807, 2.05) is 24.3 Å². The maximum Gasteiger partial charge on any atom is 0.328 e. The minimum Gasteiger partial charge on any atom is -0.496 e. The molecule has 1 saturated heterocycles. The molecular weight excluding hydrogens is 422 g/mol. The maximum atomic E-state index is 13.1. The van der Waals surface area contributed by atoms with Crippen LogP contribution in [0.25, 0.3) is 20.3 Å². The molecule has 0 radical (unpaired) electrons. The van der Waals surface area contributed by atoms with Gasteiger partial charge in [0.05, 0.1) is 12.6 Å². The van der Waals surface area contributed by atoms with Gasteiger partial charge in [-0.05, 0) is 42.0 Å². The number of aromatic nitrogens is 2. The Morgan fingerprint density at radius 1 is 1.09 bits per heavy atom. The number of rotatable bonds is 4. The standard InChI is InChI=1S/C25H25N3O3S/c1-31-20-7-4-6-16-17(20)10-9-15-13-27(14-19(15)16)11-12-28-24(29)23-22(26-25(28)30)18-5-2-3-8-21(18)32-23/h2-8,15,19H,9-14H2,1H3,(H,26,30)/t15-,19+/m1/s1. The molecule has 1 fully saturated rings. The van der Waals surface area contributed by atoms with Crippen LogP contribution in [0.1, 0.15) is 23.5 Å². The smallest absolute Gasteiger partial charge is 0.328 e. The van der Waals surface area contributed by atoms with Crippen molar-refractivity contribution < 1.29 is 4.74 Å². The van der Waals surface area contributed by atoms with Crippen LogP contribution in [0.3, 0.4) is 0 Å². The number of ether oxygens (including phenoxy) is 1. The fraction of sp³-hybridized carbons (Fsp3) is 0.360. The first kappa shape index (κ1) is 19.8. The van der Waals surface area contributed by atoms with Crippen LogP contribution in [0.4, 0.5) is 0 Å². The van der Waals surface area contributed by atoms with E-state index in [9.17, 15) is 9.59 Å². The van der Waals surface area contributed by atoms with Crippen molar-refractivity contribution in [3.8, 4) is 5.75 Å². The highest BCUT2D eigenvalue weighted by molar-refractivity contribution is 7.25. The molecule has 7 heteroatoms. The van der Waals surface area contributed by atoms with Gasteiger partial charge in [0.1, 0.15) is 10.4 Å². The molecule has 0 saturated carbocycles. The molecule has 0 bridgehead atoms. The van der Waals surface area contributed by atoms with Crippen LogP contribution >= 0.6 is 11.3 Å². The molecule has 0 amide bonds. The van der Waals surface area contributed by atoms with Crippen LogP contribution in [0, 0.1) is 5.92 Å².